The smallest absolute Gasteiger partial charge is 0.354 e. The molecule has 2 amide bonds. The normalized spacial score (nSPS) is 11.5. The molecule has 0 aliphatic carbocycles. The van der Waals surface area contributed by atoms with Gasteiger partial charge < -0.3 is 10.6 Å². The maximum atomic E-state index is 12.3. The molecule has 118 valence electrons. The van der Waals surface area contributed by atoms with Crippen LogP contribution >= 0.6 is 0 Å². The van der Waals surface area contributed by atoms with E-state index < -0.39 is 17.8 Å². The molecule has 0 spiro atoms. The Morgan fingerprint density at radius 1 is 1.29 bits per heavy atom. The van der Waals surface area contributed by atoms with Gasteiger partial charge in [0.25, 0.3) is 0 Å². The standard InChI is InChI=1S/C12H17F3N4O2/c1-8(2)11(21)17-5-4-16-10(20)7-19-6-3-9(18-19)12(13,14)15/h3,6,8H,4-5,7H2,1-2H3,(H,16,20)(H,17,21). The van der Waals surface area contributed by atoms with Crippen molar-refractivity contribution in [1.29, 1.82) is 0 Å². The molecule has 0 atom stereocenters. The number of alkyl halides is 3. The van der Waals surface area contributed by atoms with E-state index in [9.17, 15) is 22.8 Å². The highest BCUT2D eigenvalue weighted by molar-refractivity contribution is 5.78. The average Bonchev–Trinajstić information content (AvgIpc) is 2.82. The summed E-state index contributed by atoms with van der Waals surface area (Å²) < 4.78 is 37.8. The van der Waals surface area contributed by atoms with Gasteiger partial charge in [-0.25, -0.2) is 0 Å². The minimum atomic E-state index is -4.52. The van der Waals surface area contributed by atoms with Gasteiger partial charge >= 0.3 is 6.18 Å². The van der Waals surface area contributed by atoms with E-state index in [-0.39, 0.29) is 31.5 Å². The first-order chi connectivity index (χ1) is 9.70. The summed E-state index contributed by atoms with van der Waals surface area (Å²) >= 11 is 0. The fraction of sp³-hybridized carbons (Fsp3) is 0.583. The summed E-state index contributed by atoms with van der Waals surface area (Å²) in [4.78, 5) is 22.7. The Balaban J connectivity index is 2.31. The van der Waals surface area contributed by atoms with E-state index >= 15 is 0 Å². The first-order valence-corrected chi connectivity index (χ1v) is 6.35. The summed E-state index contributed by atoms with van der Waals surface area (Å²) in [6, 6.07) is 0.802. The maximum absolute atomic E-state index is 12.3. The fourth-order valence-corrected chi connectivity index (χ4v) is 1.40. The van der Waals surface area contributed by atoms with Crippen molar-refractivity contribution < 1.29 is 22.8 Å². The van der Waals surface area contributed by atoms with Crippen molar-refractivity contribution in [3.63, 3.8) is 0 Å². The summed E-state index contributed by atoms with van der Waals surface area (Å²) in [6.45, 7) is 3.63. The van der Waals surface area contributed by atoms with Crippen molar-refractivity contribution in [2.75, 3.05) is 13.1 Å². The molecule has 1 heterocycles. The number of nitrogens with zero attached hydrogens (tertiary/aromatic N) is 2. The van der Waals surface area contributed by atoms with Gasteiger partial charge in [0.1, 0.15) is 6.54 Å². The van der Waals surface area contributed by atoms with Crippen molar-refractivity contribution in [2.24, 2.45) is 5.92 Å². The summed E-state index contributed by atoms with van der Waals surface area (Å²) in [6.07, 6.45) is -3.44. The molecular weight excluding hydrogens is 289 g/mol. The molecule has 0 aliphatic rings. The predicted molar refractivity (Wildman–Crippen MR) is 68.1 cm³/mol. The lowest BCUT2D eigenvalue weighted by atomic mass is 10.2. The lowest BCUT2D eigenvalue weighted by Crippen LogP contribution is -2.37. The molecular formula is C12H17F3N4O2. The molecule has 6 nitrogen and oxygen atoms in total. The predicted octanol–water partition coefficient (Wildman–Crippen LogP) is 0.790. The summed E-state index contributed by atoms with van der Waals surface area (Å²) in [5, 5.41) is 8.34. The second kappa shape index (κ2) is 7.09. The van der Waals surface area contributed by atoms with Crippen LogP contribution in [0.1, 0.15) is 19.5 Å². The third kappa shape index (κ3) is 5.84. The molecule has 0 unspecified atom stereocenters. The van der Waals surface area contributed by atoms with Crippen LogP contribution in [0, 0.1) is 5.92 Å². The highest BCUT2D eigenvalue weighted by Crippen LogP contribution is 2.27. The molecule has 1 aromatic heterocycles. The molecule has 0 radical (unpaired) electrons. The monoisotopic (exact) mass is 306 g/mol. The molecule has 0 aromatic carbocycles. The largest absolute Gasteiger partial charge is 0.435 e. The van der Waals surface area contributed by atoms with Crippen LogP contribution in [0.4, 0.5) is 13.2 Å². The molecule has 0 fully saturated rings. The van der Waals surface area contributed by atoms with Crippen LogP contribution in [-0.4, -0.2) is 34.7 Å². The Morgan fingerprint density at radius 2 is 1.90 bits per heavy atom. The molecule has 0 saturated heterocycles. The molecule has 1 aromatic rings. The van der Waals surface area contributed by atoms with Crippen molar-refractivity contribution in [3.05, 3.63) is 18.0 Å². The Labute approximate surface area is 119 Å². The van der Waals surface area contributed by atoms with Gasteiger partial charge in [-0.15, -0.1) is 0 Å². The number of amides is 2. The first-order valence-electron chi connectivity index (χ1n) is 6.35. The van der Waals surface area contributed by atoms with Crippen LogP contribution < -0.4 is 10.6 Å². The number of aromatic nitrogens is 2. The number of hydrogen-bond donors (Lipinski definition) is 2. The molecule has 1 rings (SSSR count). The van der Waals surface area contributed by atoms with Crippen molar-refractivity contribution >= 4 is 11.8 Å². The quantitative estimate of drug-likeness (QED) is 0.763. The van der Waals surface area contributed by atoms with Crippen LogP contribution in [0.3, 0.4) is 0 Å². The lowest BCUT2D eigenvalue weighted by Gasteiger charge is -2.09. The van der Waals surface area contributed by atoms with Crippen LogP contribution in [0.2, 0.25) is 0 Å². The molecule has 21 heavy (non-hydrogen) atoms. The van der Waals surface area contributed by atoms with E-state index in [1.807, 2.05) is 0 Å². The number of rotatable bonds is 6. The number of carbonyl (C=O) groups is 2. The topological polar surface area (TPSA) is 76.0 Å². The summed E-state index contributed by atoms with van der Waals surface area (Å²) in [5.41, 5.74) is -1.04. The number of hydrogen-bond acceptors (Lipinski definition) is 3. The zero-order chi connectivity index (χ0) is 16.0. The highest BCUT2D eigenvalue weighted by atomic mass is 19.4. The SMILES string of the molecule is CC(C)C(=O)NCCNC(=O)Cn1ccc(C(F)(F)F)n1. The van der Waals surface area contributed by atoms with E-state index in [0.717, 1.165) is 16.9 Å². The number of nitrogens with one attached hydrogen (secondary N) is 2. The zero-order valence-corrected chi connectivity index (χ0v) is 11.7. The van der Waals surface area contributed by atoms with Gasteiger partial charge in [-0.1, -0.05) is 13.8 Å². The fourth-order valence-electron chi connectivity index (χ4n) is 1.40. The lowest BCUT2D eigenvalue weighted by molar-refractivity contribution is -0.141. The van der Waals surface area contributed by atoms with E-state index in [1.54, 1.807) is 13.8 Å². The zero-order valence-electron chi connectivity index (χ0n) is 11.7. The molecule has 0 aliphatic heterocycles. The van der Waals surface area contributed by atoms with Gasteiger partial charge in [0.2, 0.25) is 11.8 Å². The van der Waals surface area contributed by atoms with E-state index in [1.165, 1.54) is 0 Å². The van der Waals surface area contributed by atoms with Crippen molar-refractivity contribution in [2.45, 2.75) is 26.6 Å². The number of carbonyl (C=O) groups excluding carboxylic acids is 2. The van der Waals surface area contributed by atoms with Gasteiger partial charge in [0.05, 0.1) is 0 Å². The third-order valence-corrected chi connectivity index (χ3v) is 2.51. The van der Waals surface area contributed by atoms with Gasteiger partial charge in [0.15, 0.2) is 5.69 Å². The van der Waals surface area contributed by atoms with Crippen LogP contribution in [0.5, 0.6) is 0 Å². The maximum Gasteiger partial charge on any atom is 0.435 e. The second-order valence-corrected chi connectivity index (χ2v) is 4.69. The van der Waals surface area contributed by atoms with Gasteiger partial charge in [-0.2, -0.15) is 18.3 Å². The first kappa shape index (κ1) is 17.0. The highest BCUT2D eigenvalue weighted by Gasteiger charge is 2.33. The minimum absolute atomic E-state index is 0.133. The summed E-state index contributed by atoms with van der Waals surface area (Å²) in [7, 11) is 0. The van der Waals surface area contributed by atoms with Crippen LogP contribution in [0.15, 0.2) is 12.3 Å². The Bertz CT molecular complexity index is 497. The van der Waals surface area contributed by atoms with Crippen LogP contribution in [-0.2, 0) is 22.3 Å². The van der Waals surface area contributed by atoms with Crippen molar-refractivity contribution in [1.82, 2.24) is 20.4 Å². The second-order valence-electron chi connectivity index (χ2n) is 4.69. The molecule has 2 N–H and O–H groups in total. The van der Waals surface area contributed by atoms with Gasteiger partial charge in [0, 0.05) is 25.2 Å². The van der Waals surface area contributed by atoms with Gasteiger partial charge in [-0.3, -0.25) is 14.3 Å². The Hall–Kier alpha value is -2.06. The molecule has 0 saturated carbocycles. The minimum Gasteiger partial charge on any atom is -0.354 e. The van der Waals surface area contributed by atoms with Crippen LogP contribution in [0.25, 0.3) is 0 Å². The van der Waals surface area contributed by atoms with Gasteiger partial charge in [-0.05, 0) is 6.07 Å². The number of halogens is 3. The van der Waals surface area contributed by atoms with E-state index in [0.29, 0.717) is 0 Å². The Morgan fingerprint density at radius 3 is 2.43 bits per heavy atom. The molecule has 9 heteroatoms. The van der Waals surface area contributed by atoms with Crippen molar-refractivity contribution in [3.8, 4) is 0 Å². The van der Waals surface area contributed by atoms with E-state index in [2.05, 4.69) is 15.7 Å². The third-order valence-electron chi connectivity index (χ3n) is 2.51. The Kier molecular flexibility index (Phi) is 5.74. The average molecular weight is 306 g/mol. The molecule has 0 bridgehead atoms. The van der Waals surface area contributed by atoms with E-state index in [4.69, 9.17) is 0 Å². The summed E-state index contributed by atoms with van der Waals surface area (Å²) in [5.74, 6) is -0.762.